The van der Waals surface area contributed by atoms with Gasteiger partial charge in [0.1, 0.15) is 12.1 Å². The van der Waals surface area contributed by atoms with Gasteiger partial charge < -0.3 is 5.32 Å². The number of nitrogens with one attached hydrogen (secondary N) is 1. The molecule has 1 aromatic carbocycles. The quantitative estimate of drug-likeness (QED) is 0.614. The number of benzene rings is 1. The van der Waals surface area contributed by atoms with Crippen LogP contribution in [-0.2, 0) is 12.8 Å². The Kier molecular flexibility index (Phi) is 7.69. The van der Waals surface area contributed by atoms with Crippen molar-refractivity contribution in [2.45, 2.75) is 26.2 Å². The van der Waals surface area contributed by atoms with Crippen LogP contribution in [0.3, 0.4) is 0 Å². The van der Waals surface area contributed by atoms with Crippen molar-refractivity contribution in [3.8, 4) is 5.95 Å². The van der Waals surface area contributed by atoms with E-state index in [4.69, 9.17) is 0 Å². The van der Waals surface area contributed by atoms with Crippen molar-refractivity contribution < 1.29 is 4.39 Å². The zero-order valence-electron chi connectivity index (χ0n) is 14.7. The summed E-state index contributed by atoms with van der Waals surface area (Å²) in [5.74, 6) is 0.483. The standard InChI is InChI=1S/C19H22FN5.ClH/c1-15-13-22-14-25(15)19-23-11-8-18(24-19)7-10-21-9-3-5-16-4-2-6-17(20)12-16;/h2,4,6,8,11-14,21H,3,5,7,9-10H2,1H3;1H. The first-order valence-corrected chi connectivity index (χ1v) is 8.49. The molecule has 138 valence electrons. The summed E-state index contributed by atoms with van der Waals surface area (Å²) in [5.41, 5.74) is 3.04. The lowest BCUT2D eigenvalue weighted by atomic mass is 10.1. The highest BCUT2D eigenvalue weighted by atomic mass is 35.5. The van der Waals surface area contributed by atoms with Crippen LogP contribution in [0.15, 0.2) is 49.1 Å². The van der Waals surface area contributed by atoms with Gasteiger partial charge in [0.25, 0.3) is 0 Å². The number of halogens is 2. The maximum absolute atomic E-state index is 13.1. The minimum absolute atomic E-state index is 0. The van der Waals surface area contributed by atoms with E-state index in [1.54, 1.807) is 30.9 Å². The summed E-state index contributed by atoms with van der Waals surface area (Å²) in [6.45, 7) is 3.72. The predicted molar refractivity (Wildman–Crippen MR) is 102 cm³/mol. The molecule has 0 unspecified atom stereocenters. The zero-order valence-corrected chi connectivity index (χ0v) is 15.5. The predicted octanol–water partition coefficient (Wildman–Crippen LogP) is 3.30. The van der Waals surface area contributed by atoms with E-state index < -0.39 is 0 Å². The van der Waals surface area contributed by atoms with Crippen molar-refractivity contribution >= 4 is 12.4 Å². The monoisotopic (exact) mass is 375 g/mol. The molecule has 1 N–H and O–H groups in total. The summed E-state index contributed by atoms with van der Waals surface area (Å²) in [5, 5.41) is 3.41. The van der Waals surface area contributed by atoms with Gasteiger partial charge in [-0.25, -0.2) is 19.3 Å². The van der Waals surface area contributed by atoms with Gasteiger partial charge in [0.15, 0.2) is 0 Å². The number of imidazole rings is 1. The lowest BCUT2D eigenvalue weighted by Gasteiger charge is -2.07. The molecule has 2 aromatic heterocycles. The van der Waals surface area contributed by atoms with Crippen LogP contribution in [0.2, 0.25) is 0 Å². The second-order valence-corrected chi connectivity index (χ2v) is 5.99. The number of aryl methyl sites for hydroxylation is 2. The van der Waals surface area contributed by atoms with Gasteiger partial charge in [0, 0.05) is 36.7 Å². The Morgan fingerprint density at radius 3 is 2.81 bits per heavy atom. The molecule has 0 aliphatic heterocycles. The summed E-state index contributed by atoms with van der Waals surface area (Å²) < 4.78 is 15.0. The number of nitrogens with zero attached hydrogens (tertiary/aromatic N) is 4. The first-order chi connectivity index (χ1) is 12.2. The second-order valence-electron chi connectivity index (χ2n) is 5.99. The van der Waals surface area contributed by atoms with E-state index in [1.165, 1.54) is 6.07 Å². The van der Waals surface area contributed by atoms with Gasteiger partial charge in [-0.3, -0.25) is 4.57 Å². The van der Waals surface area contributed by atoms with Gasteiger partial charge in [-0.2, -0.15) is 0 Å². The van der Waals surface area contributed by atoms with E-state index in [9.17, 15) is 4.39 Å². The highest BCUT2D eigenvalue weighted by molar-refractivity contribution is 5.85. The fourth-order valence-electron chi connectivity index (χ4n) is 2.66. The van der Waals surface area contributed by atoms with Crippen molar-refractivity contribution in [2.24, 2.45) is 0 Å². The smallest absolute Gasteiger partial charge is 0.235 e. The van der Waals surface area contributed by atoms with Crippen molar-refractivity contribution in [1.82, 2.24) is 24.8 Å². The van der Waals surface area contributed by atoms with Crippen LogP contribution < -0.4 is 5.32 Å². The van der Waals surface area contributed by atoms with E-state index in [-0.39, 0.29) is 18.2 Å². The molecule has 0 aliphatic rings. The molecule has 26 heavy (non-hydrogen) atoms. The number of hydrogen-bond acceptors (Lipinski definition) is 4. The summed E-state index contributed by atoms with van der Waals surface area (Å²) in [6.07, 6.45) is 7.98. The molecule has 7 heteroatoms. The SMILES string of the molecule is Cc1cncn1-c1nccc(CCNCCCc2cccc(F)c2)n1.Cl. The molecule has 2 heterocycles. The van der Waals surface area contributed by atoms with E-state index in [1.807, 2.05) is 23.6 Å². The van der Waals surface area contributed by atoms with Gasteiger partial charge in [0.05, 0.1) is 0 Å². The Morgan fingerprint density at radius 2 is 2.04 bits per heavy atom. The zero-order chi connectivity index (χ0) is 17.5. The van der Waals surface area contributed by atoms with Crippen LogP contribution in [0, 0.1) is 12.7 Å². The molecule has 0 atom stereocenters. The Morgan fingerprint density at radius 1 is 1.15 bits per heavy atom. The lowest BCUT2D eigenvalue weighted by molar-refractivity contribution is 0.619. The lowest BCUT2D eigenvalue weighted by Crippen LogP contribution is -2.19. The van der Waals surface area contributed by atoms with Crippen molar-refractivity contribution in [3.05, 3.63) is 71.8 Å². The van der Waals surface area contributed by atoms with Gasteiger partial charge >= 0.3 is 0 Å². The highest BCUT2D eigenvalue weighted by Crippen LogP contribution is 2.07. The first kappa shape index (κ1) is 20.0. The Labute approximate surface area is 159 Å². The van der Waals surface area contributed by atoms with Crippen LogP contribution in [0.4, 0.5) is 4.39 Å². The van der Waals surface area contributed by atoms with E-state index in [0.29, 0.717) is 5.95 Å². The van der Waals surface area contributed by atoms with Crippen LogP contribution in [0.25, 0.3) is 5.95 Å². The fourth-order valence-corrected chi connectivity index (χ4v) is 2.66. The van der Waals surface area contributed by atoms with Crippen molar-refractivity contribution in [3.63, 3.8) is 0 Å². The van der Waals surface area contributed by atoms with Gasteiger partial charge in [-0.05, 0) is 50.1 Å². The Balaban J connectivity index is 0.00000243. The summed E-state index contributed by atoms with van der Waals surface area (Å²) in [7, 11) is 0. The Bertz CT molecular complexity index is 821. The molecule has 0 aliphatic carbocycles. The van der Waals surface area contributed by atoms with E-state index >= 15 is 0 Å². The molecule has 3 aromatic rings. The minimum atomic E-state index is -0.168. The molecule has 3 rings (SSSR count). The summed E-state index contributed by atoms with van der Waals surface area (Å²) >= 11 is 0. The van der Waals surface area contributed by atoms with E-state index in [0.717, 1.165) is 49.3 Å². The molecule has 0 bridgehead atoms. The van der Waals surface area contributed by atoms with Crippen LogP contribution in [-0.4, -0.2) is 32.6 Å². The second kappa shape index (κ2) is 9.99. The summed E-state index contributed by atoms with van der Waals surface area (Å²) in [4.78, 5) is 13.0. The fraction of sp³-hybridized carbons (Fsp3) is 0.316. The van der Waals surface area contributed by atoms with Crippen LogP contribution in [0.1, 0.15) is 23.4 Å². The molecular weight excluding hydrogens is 353 g/mol. The number of rotatable bonds is 8. The molecule has 0 amide bonds. The normalized spacial score (nSPS) is 10.5. The number of aromatic nitrogens is 4. The minimum Gasteiger partial charge on any atom is -0.316 e. The van der Waals surface area contributed by atoms with Gasteiger partial charge in [-0.1, -0.05) is 12.1 Å². The van der Waals surface area contributed by atoms with Crippen LogP contribution in [0.5, 0.6) is 0 Å². The molecule has 0 saturated carbocycles. The first-order valence-electron chi connectivity index (χ1n) is 8.49. The van der Waals surface area contributed by atoms with Gasteiger partial charge in [0.2, 0.25) is 5.95 Å². The third kappa shape index (κ3) is 5.61. The van der Waals surface area contributed by atoms with E-state index in [2.05, 4.69) is 20.3 Å². The highest BCUT2D eigenvalue weighted by Gasteiger charge is 2.04. The summed E-state index contributed by atoms with van der Waals surface area (Å²) in [6, 6.07) is 8.73. The van der Waals surface area contributed by atoms with Crippen molar-refractivity contribution in [1.29, 1.82) is 0 Å². The average Bonchev–Trinajstić information content (AvgIpc) is 3.04. The number of hydrogen-bond donors (Lipinski definition) is 1. The average molecular weight is 376 g/mol. The largest absolute Gasteiger partial charge is 0.316 e. The Hall–Kier alpha value is -2.31. The third-order valence-electron chi connectivity index (χ3n) is 4.01. The molecule has 0 spiro atoms. The molecule has 0 saturated heterocycles. The maximum atomic E-state index is 13.1. The molecule has 0 radical (unpaired) electrons. The van der Waals surface area contributed by atoms with Crippen LogP contribution >= 0.6 is 12.4 Å². The topological polar surface area (TPSA) is 55.6 Å². The maximum Gasteiger partial charge on any atom is 0.235 e. The third-order valence-corrected chi connectivity index (χ3v) is 4.01. The molecule has 0 fully saturated rings. The molecular formula is C19H23ClFN5. The van der Waals surface area contributed by atoms with Crippen molar-refractivity contribution in [2.75, 3.05) is 13.1 Å². The molecule has 5 nitrogen and oxygen atoms in total. The van der Waals surface area contributed by atoms with Gasteiger partial charge in [-0.15, -0.1) is 12.4 Å².